The summed E-state index contributed by atoms with van der Waals surface area (Å²) in [5, 5.41) is 2.03. The topological polar surface area (TPSA) is 81.7 Å². The van der Waals surface area contributed by atoms with E-state index in [0.717, 1.165) is 0 Å². The molecule has 0 aliphatic carbocycles. The molecule has 17 heavy (non-hydrogen) atoms. The molecule has 0 aromatic carbocycles. The van der Waals surface area contributed by atoms with Crippen LogP contribution in [0.1, 0.15) is 13.8 Å². The van der Waals surface area contributed by atoms with Crippen molar-refractivity contribution in [3.63, 3.8) is 0 Å². The van der Waals surface area contributed by atoms with Gasteiger partial charge in [-0.15, -0.1) is 12.4 Å². The van der Waals surface area contributed by atoms with Gasteiger partial charge in [0, 0.05) is 13.1 Å². The molecule has 2 atom stereocenters. The molecule has 0 spiro atoms. The summed E-state index contributed by atoms with van der Waals surface area (Å²) in [6.45, 7) is 4.15. The molecule has 1 saturated heterocycles. The van der Waals surface area contributed by atoms with Crippen LogP contribution in [-0.4, -0.2) is 45.9 Å². The van der Waals surface area contributed by atoms with Gasteiger partial charge in [-0.25, -0.2) is 0 Å². The minimum atomic E-state index is -3.69. The second-order valence-electron chi connectivity index (χ2n) is 3.45. The van der Waals surface area contributed by atoms with Crippen LogP contribution in [-0.2, 0) is 23.8 Å². The molecule has 2 unspecified atom stereocenters. The Bertz CT molecular complexity index is 345. The van der Waals surface area contributed by atoms with Gasteiger partial charge in [0.1, 0.15) is 5.25 Å². The van der Waals surface area contributed by atoms with Crippen molar-refractivity contribution >= 4 is 28.5 Å². The molecule has 1 fully saturated rings. The molecule has 1 aliphatic rings. The lowest BCUT2D eigenvalue weighted by Gasteiger charge is -2.16. The van der Waals surface area contributed by atoms with Gasteiger partial charge in [0.15, 0.2) is 0 Å². The number of esters is 1. The summed E-state index contributed by atoms with van der Waals surface area (Å²) in [5.74, 6) is -1.16. The molecule has 1 aliphatic heterocycles. The molecule has 0 aromatic heterocycles. The minimum Gasteiger partial charge on any atom is -0.466 e. The maximum atomic E-state index is 11.7. The average molecular weight is 288 g/mol. The van der Waals surface area contributed by atoms with Crippen molar-refractivity contribution in [3.05, 3.63) is 0 Å². The monoisotopic (exact) mass is 287 g/mol. The van der Waals surface area contributed by atoms with Gasteiger partial charge in [0.2, 0.25) is 0 Å². The zero-order valence-corrected chi connectivity index (χ0v) is 11.5. The van der Waals surface area contributed by atoms with Crippen LogP contribution in [0, 0.1) is 5.92 Å². The van der Waals surface area contributed by atoms with E-state index in [9.17, 15) is 13.2 Å². The number of rotatable bonds is 5. The Labute approximate surface area is 108 Å². The maximum absolute atomic E-state index is 11.7. The van der Waals surface area contributed by atoms with Gasteiger partial charge in [0.05, 0.1) is 19.1 Å². The smallest absolute Gasteiger partial charge is 0.311 e. The highest BCUT2D eigenvalue weighted by molar-refractivity contribution is 7.87. The Morgan fingerprint density at radius 1 is 1.29 bits per heavy atom. The molecule has 0 bridgehead atoms. The van der Waals surface area contributed by atoms with Gasteiger partial charge in [-0.3, -0.25) is 8.98 Å². The van der Waals surface area contributed by atoms with Gasteiger partial charge in [-0.1, -0.05) is 0 Å². The van der Waals surface area contributed by atoms with Crippen LogP contribution < -0.4 is 5.32 Å². The number of carbonyl (C=O) groups excluding carboxylic acids is 1. The fourth-order valence-corrected chi connectivity index (χ4v) is 3.13. The zero-order valence-electron chi connectivity index (χ0n) is 9.84. The predicted octanol–water partition coefficient (Wildman–Crippen LogP) is -0.0744. The molecule has 102 valence electrons. The predicted molar refractivity (Wildman–Crippen MR) is 64.6 cm³/mol. The molecule has 1 rings (SSSR count). The third-order valence-corrected chi connectivity index (χ3v) is 4.20. The Hall–Kier alpha value is -0.370. The Balaban J connectivity index is 0.00000256. The average Bonchev–Trinajstić information content (AvgIpc) is 2.66. The van der Waals surface area contributed by atoms with E-state index < -0.39 is 27.3 Å². The molecular formula is C9H18ClNO5S. The normalized spacial score (nSPS) is 24.1. The third kappa shape index (κ3) is 4.09. The highest BCUT2D eigenvalue weighted by atomic mass is 35.5. The lowest BCUT2D eigenvalue weighted by Crippen LogP contribution is -2.36. The van der Waals surface area contributed by atoms with Crippen LogP contribution in [0.4, 0.5) is 0 Å². The van der Waals surface area contributed by atoms with Crippen molar-refractivity contribution in [2.45, 2.75) is 19.1 Å². The quantitative estimate of drug-likeness (QED) is 0.563. The van der Waals surface area contributed by atoms with E-state index >= 15 is 0 Å². The van der Waals surface area contributed by atoms with Gasteiger partial charge in [-0.2, -0.15) is 8.42 Å². The van der Waals surface area contributed by atoms with Crippen molar-refractivity contribution in [1.82, 2.24) is 5.32 Å². The van der Waals surface area contributed by atoms with E-state index in [2.05, 4.69) is 5.32 Å². The lowest BCUT2D eigenvalue weighted by molar-refractivity contribution is -0.147. The van der Waals surface area contributed by atoms with E-state index in [0.29, 0.717) is 6.54 Å². The van der Waals surface area contributed by atoms with Crippen molar-refractivity contribution in [2.24, 2.45) is 5.92 Å². The Kier molecular flexibility index (Phi) is 6.99. The van der Waals surface area contributed by atoms with Crippen molar-refractivity contribution in [1.29, 1.82) is 0 Å². The van der Waals surface area contributed by atoms with Crippen LogP contribution in [0.5, 0.6) is 0 Å². The number of carbonyl (C=O) groups is 1. The number of hydrogen-bond acceptors (Lipinski definition) is 6. The standard InChI is InChI=1S/C9H17NO5S.ClH/c1-3-14-9(11)7-5-10-6-8(7)16(12,13)15-4-2;/h7-8,10H,3-6H2,1-2H3;1H. The molecule has 1 N–H and O–H groups in total. The van der Waals surface area contributed by atoms with Crippen molar-refractivity contribution in [2.75, 3.05) is 26.3 Å². The molecular weight excluding hydrogens is 270 g/mol. The lowest BCUT2D eigenvalue weighted by atomic mass is 10.1. The molecule has 0 saturated carbocycles. The van der Waals surface area contributed by atoms with Gasteiger partial charge >= 0.3 is 5.97 Å². The number of halogens is 1. The highest BCUT2D eigenvalue weighted by Crippen LogP contribution is 2.20. The summed E-state index contributed by atoms with van der Waals surface area (Å²) in [5.41, 5.74) is 0. The van der Waals surface area contributed by atoms with Crippen molar-refractivity contribution in [3.8, 4) is 0 Å². The number of ether oxygens (including phenoxy) is 1. The van der Waals surface area contributed by atoms with E-state index in [1.165, 1.54) is 0 Å². The van der Waals surface area contributed by atoms with Gasteiger partial charge in [-0.05, 0) is 13.8 Å². The first-order valence-corrected chi connectivity index (χ1v) is 6.75. The van der Waals surface area contributed by atoms with Crippen LogP contribution in [0.3, 0.4) is 0 Å². The fraction of sp³-hybridized carbons (Fsp3) is 0.889. The Morgan fingerprint density at radius 2 is 1.94 bits per heavy atom. The summed E-state index contributed by atoms with van der Waals surface area (Å²) in [7, 11) is -3.69. The van der Waals surface area contributed by atoms with E-state index in [1.54, 1.807) is 13.8 Å². The SMILES string of the molecule is CCOC(=O)C1CNCC1S(=O)(=O)OCC.Cl. The molecule has 1 heterocycles. The Morgan fingerprint density at radius 3 is 2.47 bits per heavy atom. The summed E-state index contributed by atoms with van der Waals surface area (Å²) >= 11 is 0. The van der Waals surface area contributed by atoms with E-state index in [4.69, 9.17) is 8.92 Å². The first-order chi connectivity index (χ1) is 7.53. The number of hydrogen-bond donors (Lipinski definition) is 1. The first kappa shape index (κ1) is 16.6. The summed E-state index contributed by atoms with van der Waals surface area (Å²) < 4.78 is 32.9. The number of nitrogens with one attached hydrogen (secondary N) is 1. The largest absolute Gasteiger partial charge is 0.466 e. The summed E-state index contributed by atoms with van der Waals surface area (Å²) in [6.07, 6.45) is 0. The molecule has 8 heteroatoms. The highest BCUT2D eigenvalue weighted by Gasteiger charge is 2.43. The van der Waals surface area contributed by atoms with Crippen LogP contribution >= 0.6 is 12.4 Å². The summed E-state index contributed by atoms with van der Waals surface area (Å²) in [6, 6.07) is 0. The van der Waals surface area contributed by atoms with Gasteiger partial charge < -0.3 is 10.1 Å². The van der Waals surface area contributed by atoms with E-state index in [-0.39, 0.29) is 32.2 Å². The third-order valence-electron chi connectivity index (χ3n) is 2.40. The molecule has 6 nitrogen and oxygen atoms in total. The second-order valence-corrected chi connectivity index (χ2v) is 5.28. The zero-order chi connectivity index (χ0) is 12.2. The van der Waals surface area contributed by atoms with Crippen LogP contribution in [0.15, 0.2) is 0 Å². The minimum absolute atomic E-state index is 0. The molecule has 0 amide bonds. The van der Waals surface area contributed by atoms with Crippen molar-refractivity contribution < 1.29 is 22.1 Å². The van der Waals surface area contributed by atoms with Crippen LogP contribution in [0.25, 0.3) is 0 Å². The first-order valence-electron chi connectivity index (χ1n) is 5.28. The van der Waals surface area contributed by atoms with E-state index in [1.807, 2.05) is 0 Å². The van der Waals surface area contributed by atoms with Gasteiger partial charge in [0.25, 0.3) is 10.1 Å². The molecule has 0 radical (unpaired) electrons. The maximum Gasteiger partial charge on any atom is 0.311 e. The molecule has 0 aromatic rings. The fourth-order valence-electron chi connectivity index (χ4n) is 1.69. The van der Waals surface area contributed by atoms with Crippen LogP contribution in [0.2, 0.25) is 0 Å². The second kappa shape index (κ2) is 7.15. The summed E-state index contributed by atoms with van der Waals surface area (Å²) in [4.78, 5) is 11.5.